The molecule has 0 heterocycles. The Morgan fingerprint density at radius 3 is 2.06 bits per heavy atom. The lowest BCUT2D eigenvalue weighted by atomic mass is 10.1. The molecule has 0 bridgehead atoms. The van der Waals surface area contributed by atoms with E-state index in [1.807, 2.05) is 13.8 Å². The number of amides is 1. The van der Waals surface area contributed by atoms with E-state index in [-0.39, 0.29) is 5.91 Å². The molecule has 1 amide bonds. The Morgan fingerprint density at radius 1 is 1.44 bits per heavy atom. The van der Waals surface area contributed by atoms with Crippen LogP contribution in [0.2, 0.25) is 0 Å². The molecule has 16 heavy (non-hydrogen) atoms. The molecule has 0 aromatic heterocycles. The van der Waals surface area contributed by atoms with E-state index in [4.69, 9.17) is 11.5 Å². The summed E-state index contributed by atoms with van der Waals surface area (Å²) in [4.78, 5) is 10.0. The Bertz CT molecular complexity index is 158. The Hall–Kier alpha value is -0.610. The van der Waals surface area contributed by atoms with Gasteiger partial charge in [-0.05, 0) is 25.2 Å². The minimum absolute atomic E-state index is 0.0227. The van der Waals surface area contributed by atoms with Gasteiger partial charge in [0.1, 0.15) is 0 Å². The van der Waals surface area contributed by atoms with Crippen molar-refractivity contribution in [2.45, 2.75) is 53.0 Å². The molecule has 1 aliphatic rings. The van der Waals surface area contributed by atoms with Crippen LogP contribution in [-0.4, -0.2) is 25.0 Å². The van der Waals surface area contributed by atoms with Gasteiger partial charge in [-0.15, -0.1) is 0 Å². The summed E-state index contributed by atoms with van der Waals surface area (Å²) in [5.74, 6) is 0.871. The van der Waals surface area contributed by atoms with Crippen LogP contribution in [0.15, 0.2) is 0 Å². The maximum atomic E-state index is 10.0. The van der Waals surface area contributed by atoms with Gasteiger partial charge in [0.2, 0.25) is 5.91 Å². The summed E-state index contributed by atoms with van der Waals surface area (Å²) in [7, 11) is 0. The second kappa shape index (κ2) is 12.5. The van der Waals surface area contributed by atoms with Crippen LogP contribution in [0.25, 0.3) is 0 Å². The van der Waals surface area contributed by atoms with Crippen molar-refractivity contribution in [2.24, 2.45) is 17.4 Å². The van der Waals surface area contributed by atoms with Gasteiger partial charge in [-0.1, -0.05) is 20.8 Å². The highest BCUT2D eigenvalue weighted by Gasteiger charge is 2.26. The maximum Gasteiger partial charge on any atom is 0.216 e. The van der Waals surface area contributed by atoms with Gasteiger partial charge < -0.3 is 16.8 Å². The zero-order valence-corrected chi connectivity index (χ0v) is 11.3. The Morgan fingerprint density at radius 2 is 1.94 bits per heavy atom. The van der Waals surface area contributed by atoms with Crippen molar-refractivity contribution in [1.82, 2.24) is 5.32 Å². The number of carbonyl (C=O) groups is 1. The van der Waals surface area contributed by atoms with Crippen LogP contribution in [-0.2, 0) is 4.79 Å². The third-order valence-electron chi connectivity index (χ3n) is 2.22. The predicted octanol–water partition coefficient (Wildman–Crippen LogP) is 1.24. The van der Waals surface area contributed by atoms with Crippen LogP contribution < -0.4 is 16.8 Å². The van der Waals surface area contributed by atoms with E-state index in [0.717, 1.165) is 12.3 Å². The van der Waals surface area contributed by atoms with Crippen LogP contribution >= 0.6 is 0 Å². The van der Waals surface area contributed by atoms with Crippen LogP contribution in [0.3, 0.4) is 0 Å². The fourth-order valence-electron chi connectivity index (χ4n) is 1.11. The molecule has 1 aliphatic carbocycles. The van der Waals surface area contributed by atoms with E-state index in [1.165, 1.54) is 19.8 Å². The second-order valence-corrected chi connectivity index (χ2v) is 3.68. The molecule has 4 heteroatoms. The average molecular weight is 231 g/mol. The van der Waals surface area contributed by atoms with Gasteiger partial charge in [0.05, 0.1) is 0 Å². The fraction of sp³-hybridized carbons (Fsp3) is 0.917. The highest BCUT2D eigenvalue weighted by atomic mass is 16.1. The summed E-state index contributed by atoms with van der Waals surface area (Å²) in [6.07, 6.45) is 3.93. The SMILES string of the molecule is CC.CC(=O)NCCN.CCC(N)C1CC1. The molecule has 98 valence electrons. The average Bonchev–Trinajstić information content (AvgIpc) is 3.12. The molecule has 0 aliphatic heterocycles. The normalized spacial score (nSPS) is 14.9. The molecular formula is C12H29N3O. The van der Waals surface area contributed by atoms with Gasteiger partial charge in [-0.25, -0.2) is 0 Å². The van der Waals surface area contributed by atoms with Crippen molar-refractivity contribution in [3.8, 4) is 0 Å². The lowest BCUT2D eigenvalue weighted by Crippen LogP contribution is -2.26. The first-order valence-electron chi connectivity index (χ1n) is 6.31. The first kappa shape index (κ1) is 17.8. The summed E-state index contributed by atoms with van der Waals surface area (Å²) >= 11 is 0. The summed E-state index contributed by atoms with van der Waals surface area (Å²) < 4.78 is 0. The lowest BCUT2D eigenvalue weighted by Gasteiger charge is -2.02. The van der Waals surface area contributed by atoms with Crippen molar-refractivity contribution in [3.05, 3.63) is 0 Å². The third-order valence-corrected chi connectivity index (χ3v) is 2.22. The molecule has 1 atom stereocenters. The Labute approximate surface area is 100 Å². The zero-order valence-electron chi connectivity index (χ0n) is 11.3. The van der Waals surface area contributed by atoms with Gasteiger partial charge in [-0.2, -0.15) is 0 Å². The minimum Gasteiger partial charge on any atom is -0.355 e. The first-order valence-corrected chi connectivity index (χ1v) is 6.31. The summed E-state index contributed by atoms with van der Waals surface area (Å²) in [6.45, 7) is 8.72. The van der Waals surface area contributed by atoms with E-state index in [2.05, 4.69) is 12.2 Å². The van der Waals surface area contributed by atoms with Crippen LogP contribution in [0.4, 0.5) is 0 Å². The number of nitrogens with two attached hydrogens (primary N) is 2. The van der Waals surface area contributed by atoms with Gasteiger partial charge >= 0.3 is 0 Å². The van der Waals surface area contributed by atoms with Crippen molar-refractivity contribution in [2.75, 3.05) is 13.1 Å². The van der Waals surface area contributed by atoms with E-state index in [9.17, 15) is 4.79 Å². The van der Waals surface area contributed by atoms with E-state index in [0.29, 0.717) is 19.1 Å². The third kappa shape index (κ3) is 13.4. The molecule has 0 aromatic carbocycles. The number of nitrogens with one attached hydrogen (secondary N) is 1. The van der Waals surface area contributed by atoms with Crippen molar-refractivity contribution in [1.29, 1.82) is 0 Å². The molecule has 0 saturated heterocycles. The largest absolute Gasteiger partial charge is 0.355 e. The van der Waals surface area contributed by atoms with Crippen molar-refractivity contribution >= 4 is 5.91 Å². The topological polar surface area (TPSA) is 81.1 Å². The molecule has 0 radical (unpaired) electrons. The number of rotatable bonds is 4. The second-order valence-electron chi connectivity index (χ2n) is 3.68. The highest BCUT2D eigenvalue weighted by molar-refractivity contribution is 5.72. The number of hydrogen-bond acceptors (Lipinski definition) is 3. The van der Waals surface area contributed by atoms with Crippen LogP contribution in [0.1, 0.15) is 47.0 Å². The maximum absolute atomic E-state index is 10.0. The quantitative estimate of drug-likeness (QED) is 0.681. The fourth-order valence-corrected chi connectivity index (χ4v) is 1.11. The van der Waals surface area contributed by atoms with Crippen LogP contribution in [0, 0.1) is 5.92 Å². The summed E-state index contributed by atoms with van der Waals surface area (Å²) in [6, 6.07) is 0.514. The van der Waals surface area contributed by atoms with Gasteiger partial charge in [-0.3, -0.25) is 4.79 Å². The van der Waals surface area contributed by atoms with Gasteiger partial charge in [0, 0.05) is 26.1 Å². The van der Waals surface area contributed by atoms with E-state index >= 15 is 0 Å². The van der Waals surface area contributed by atoms with Crippen molar-refractivity contribution in [3.63, 3.8) is 0 Å². The molecule has 4 nitrogen and oxygen atoms in total. The van der Waals surface area contributed by atoms with E-state index in [1.54, 1.807) is 0 Å². The smallest absolute Gasteiger partial charge is 0.216 e. The van der Waals surface area contributed by atoms with Gasteiger partial charge in [0.25, 0.3) is 0 Å². The summed E-state index contributed by atoms with van der Waals surface area (Å²) in [5.41, 5.74) is 10.7. The van der Waals surface area contributed by atoms with E-state index < -0.39 is 0 Å². The molecular weight excluding hydrogens is 202 g/mol. The zero-order chi connectivity index (χ0) is 13.0. The number of hydrogen-bond donors (Lipinski definition) is 3. The minimum atomic E-state index is -0.0227. The lowest BCUT2D eigenvalue weighted by molar-refractivity contribution is -0.118. The van der Waals surface area contributed by atoms with Crippen LogP contribution in [0.5, 0.6) is 0 Å². The Kier molecular flexibility index (Phi) is 13.8. The standard InChI is InChI=1S/C6H13N.C4H10N2O.C2H6/c1-2-6(7)5-3-4-5;1-4(7)6-3-2-5;1-2/h5-6H,2-4,7H2,1H3;2-3,5H2,1H3,(H,6,7);1-2H3. The molecule has 1 saturated carbocycles. The monoisotopic (exact) mass is 231 g/mol. The Balaban J connectivity index is 0. The first-order chi connectivity index (χ1) is 7.61. The predicted molar refractivity (Wildman–Crippen MR) is 70.1 cm³/mol. The molecule has 1 unspecified atom stereocenters. The molecule has 0 spiro atoms. The number of carbonyl (C=O) groups excluding carboxylic acids is 1. The highest BCUT2D eigenvalue weighted by Crippen LogP contribution is 2.32. The van der Waals surface area contributed by atoms with Gasteiger partial charge in [0.15, 0.2) is 0 Å². The summed E-state index contributed by atoms with van der Waals surface area (Å²) in [5, 5.41) is 2.53. The van der Waals surface area contributed by atoms with Crippen molar-refractivity contribution < 1.29 is 4.79 Å². The molecule has 0 aromatic rings. The molecule has 1 rings (SSSR count). The molecule has 1 fully saturated rings. The molecule has 5 N–H and O–H groups in total.